The lowest BCUT2D eigenvalue weighted by atomic mass is 10.0. The van der Waals surface area contributed by atoms with Crippen LogP contribution in [0.3, 0.4) is 0 Å². The second kappa shape index (κ2) is 4.64. The molecular formula is C10H14ClNO2. The van der Waals surface area contributed by atoms with Gasteiger partial charge in [0.1, 0.15) is 5.75 Å². The predicted molar refractivity (Wildman–Crippen MR) is 56.8 cm³/mol. The summed E-state index contributed by atoms with van der Waals surface area (Å²) in [4.78, 5) is 0. The Morgan fingerprint density at radius 2 is 2.21 bits per heavy atom. The number of hydrogen-bond donors (Lipinski definition) is 2. The first-order chi connectivity index (χ1) is 6.61. The average Bonchev–Trinajstić information content (AvgIpc) is 2.19. The molecule has 0 aliphatic carbocycles. The molecule has 3 N–H and O–H groups in total. The van der Waals surface area contributed by atoms with Gasteiger partial charge in [0.25, 0.3) is 0 Å². The van der Waals surface area contributed by atoms with Gasteiger partial charge in [0.05, 0.1) is 24.8 Å². The van der Waals surface area contributed by atoms with E-state index in [0.29, 0.717) is 10.8 Å². The topological polar surface area (TPSA) is 55.5 Å². The number of halogens is 1. The molecule has 0 amide bonds. The smallest absolute Gasteiger partial charge is 0.142 e. The van der Waals surface area contributed by atoms with E-state index in [1.807, 2.05) is 13.0 Å². The third-order valence-corrected chi connectivity index (χ3v) is 2.44. The van der Waals surface area contributed by atoms with Gasteiger partial charge in [-0.3, -0.25) is 0 Å². The minimum atomic E-state index is -0.455. The van der Waals surface area contributed by atoms with Gasteiger partial charge in [-0.1, -0.05) is 17.7 Å². The summed E-state index contributed by atoms with van der Waals surface area (Å²) >= 11 is 5.94. The van der Waals surface area contributed by atoms with Gasteiger partial charge in [-0.25, -0.2) is 0 Å². The van der Waals surface area contributed by atoms with Crippen LogP contribution in [0.25, 0.3) is 0 Å². The van der Waals surface area contributed by atoms with Crippen LogP contribution < -0.4 is 10.5 Å². The Hall–Kier alpha value is -0.770. The molecule has 0 saturated carbocycles. The van der Waals surface area contributed by atoms with Crippen LogP contribution in [-0.4, -0.2) is 18.8 Å². The molecule has 0 bridgehead atoms. The first-order valence-electron chi connectivity index (χ1n) is 4.31. The molecule has 78 valence electrons. The van der Waals surface area contributed by atoms with Crippen LogP contribution >= 0.6 is 11.6 Å². The molecule has 3 nitrogen and oxygen atoms in total. The van der Waals surface area contributed by atoms with Gasteiger partial charge in [-0.05, 0) is 18.6 Å². The van der Waals surface area contributed by atoms with Gasteiger partial charge in [-0.2, -0.15) is 0 Å². The fourth-order valence-electron chi connectivity index (χ4n) is 1.43. The van der Waals surface area contributed by atoms with Gasteiger partial charge < -0.3 is 15.6 Å². The van der Waals surface area contributed by atoms with Gasteiger partial charge in [0.2, 0.25) is 0 Å². The van der Waals surface area contributed by atoms with Crippen molar-refractivity contribution in [3.63, 3.8) is 0 Å². The van der Waals surface area contributed by atoms with E-state index < -0.39 is 6.04 Å². The van der Waals surface area contributed by atoms with Crippen LogP contribution in [0, 0.1) is 6.92 Å². The number of hydrogen-bond acceptors (Lipinski definition) is 3. The fourth-order valence-corrected chi connectivity index (χ4v) is 1.67. The first kappa shape index (κ1) is 11.3. The van der Waals surface area contributed by atoms with E-state index in [-0.39, 0.29) is 6.61 Å². The van der Waals surface area contributed by atoms with Crippen molar-refractivity contribution in [3.05, 3.63) is 28.3 Å². The van der Waals surface area contributed by atoms with Gasteiger partial charge >= 0.3 is 0 Å². The zero-order valence-electron chi connectivity index (χ0n) is 8.25. The monoisotopic (exact) mass is 215 g/mol. The number of methoxy groups -OCH3 is 1. The second-order valence-electron chi connectivity index (χ2n) is 3.10. The molecule has 14 heavy (non-hydrogen) atoms. The van der Waals surface area contributed by atoms with Gasteiger partial charge in [0.15, 0.2) is 0 Å². The Bertz CT molecular complexity index is 328. The second-order valence-corrected chi connectivity index (χ2v) is 3.51. The van der Waals surface area contributed by atoms with Crippen molar-refractivity contribution in [2.24, 2.45) is 5.73 Å². The van der Waals surface area contributed by atoms with E-state index in [1.54, 1.807) is 6.07 Å². The SMILES string of the molecule is COc1c(Cl)ccc(C)c1C(N)CO. The maximum atomic E-state index is 9.00. The van der Waals surface area contributed by atoms with Crippen molar-refractivity contribution < 1.29 is 9.84 Å². The number of aliphatic hydroxyl groups is 1. The third kappa shape index (κ3) is 2.00. The molecule has 0 aromatic heterocycles. The van der Waals surface area contributed by atoms with Crippen molar-refractivity contribution in [1.29, 1.82) is 0 Å². The molecule has 0 fully saturated rings. The average molecular weight is 216 g/mol. The Labute approximate surface area is 88.4 Å². The highest BCUT2D eigenvalue weighted by molar-refractivity contribution is 6.32. The quantitative estimate of drug-likeness (QED) is 0.806. The molecule has 0 radical (unpaired) electrons. The van der Waals surface area contributed by atoms with Crippen molar-refractivity contribution in [2.45, 2.75) is 13.0 Å². The first-order valence-corrected chi connectivity index (χ1v) is 4.69. The molecule has 0 aliphatic heterocycles. The van der Waals surface area contributed by atoms with Crippen LogP contribution in [0.4, 0.5) is 0 Å². The highest BCUT2D eigenvalue weighted by Crippen LogP contribution is 2.34. The van der Waals surface area contributed by atoms with E-state index in [4.69, 9.17) is 27.2 Å². The number of ether oxygens (including phenoxy) is 1. The highest BCUT2D eigenvalue weighted by atomic mass is 35.5. The molecule has 0 saturated heterocycles. The maximum Gasteiger partial charge on any atom is 0.142 e. The normalized spacial score (nSPS) is 12.6. The Morgan fingerprint density at radius 1 is 1.57 bits per heavy atom. The van der Waals surface area contributed by atoms with Crippen molar-refractivity contribution in [2.75, 3.05) is 13.7 Å². The summed E-state index contributed by atoms with van der Waals surface area (Å²) in [5.41, 5.74) is 7.48. The van der Waals surface area contributed by atoms with Gasteiger partial charge in [-0.15, -0.1) is 0 Å². The van der Waals surface area contributed by atoms with Crippen LogP contribution in [0.5, 0.6) is 5.75 Å². The molecule has 1 unspecified atom stereocenters. The van der Waals surface area contributed by atoms with E-state index in [9.17, 15) is 0 Å². The Balaban J connectivity index is 3.29. The number of nitrogens with two attached hydrogens (primary N) is 1. The highest BCUT2D eigenvalue weighted by Gasteiger charge is 2.16. The van der Waals surface area contributed by atoms with E-state index >= 15 is 0 Å². The van der Waals surface area contributed by atoms with Crippen molar-refractivity contribution in [3.8, 4) is 5.75 Å². The van der Waals surface area contributed by atoms with Crippen LogP contribution in [0.2, 0.25) is 5.02 Å². The number of benzene rings is 1. The number of aryl methyl sites for hydroxylation is 1. The zero-order valence-corrected chi connectivity index (χ0v) is 9.01. The van der Waals surface area contributed by atoms with Crippen molar-refractivity contribution >= 4 is 11.6 Å². The largest absolute Gasteiger partial charge is 0.495 e. The summed E-state index contributed by atoms with van der Waals surface area (Å²) in [7, 11) is 1.54. The maximum absolute atomic E-state index is 9.00. The van der Waals surface area contributed by atoms with Gasteiger partial charge in [0, 0.05) is 5.56 Å². The van der Waals surface area contributed by atoms with Crippen molar-refractivity contribution in [1.82, 2.24) is 0 Å². The third-order valence-electron chi connectivity index (χ3n) is 2.14. The summed E-state index contributed by atoms with van der Waals surface area (Å²) in [5.74, 6) is 0.549. The van der Waals surface area contributed by atoms with Crippen LogP contribution in [0.1, 0.15) is 17.2 Å². The zero-order chi connectivity index (χ0) is 10.7. The summed E-state index contributed by atoms with van der Waals surface area (Å²) < 4.78 is 5.16. The minimum Gasteiger partial charge on any atom is -0.495 e. The molecule has 0 aliphatic rings. The molecule has 1 aromatic carbocycles. The molecule has 0 spiro atoms. The number of rotatable bonds is 3. The van der Waals surface area contributed by atoms with Crippen LogP contribution in [-0.2, 0) is 0 Å². The molecular weight excluding hydrogens is 202 g/mol. The lowest BCUT2D eigenvalue weighted by Gasteiger charge is -2.17. The predicted octanol–water partition coefficient (Wildman–Crippen LogP) is 1.65. The van der Waals surface area contributed by atoms with E-state index in [0.717, 1.165) is 11.1 Å². The Morgan fingerprint density at radius 3 is 2.71 bits per heavy atom. The summed E-state index contributed by atoms with van der Waals surface area (Å²) in [6, 6.07) is 3.16. The standard InChI is InChI=1S/C10H14ClNO2/c1-6-3-4-7(11)10(14-2)9(6)8(12)5-13/h3-4,8,13H,5,12H2,1-2H3. The summed E-state index contributed by atoms with van der Waals surface area (Å²) in [5, 5.41) is 9.51. The molecule has 0 heterocycles. The Kier molecular flexibility index (Phi) is 3.75. The van der Waals surface area contributed by atoms with E-state index in [2.05, 4.69) is 0 Å². The fraction of sp³-hybridized carbons (Fsp3) is 0.400. The summed E-state index contributed by atoms with van der Waals surface area (Å²) in [6.07, 6.45) is 0. The molecule has 4 heteroatoms. The summed E-state index contributed by atoms with van der Waals surface area (Å²) in [6.45, 7) is 1.78. The molecule has 1 aromatic rings. The lowest BCUT2D eigenvalue weighted by Crippen LogP contribution is -2.17. The lowest BCUT2D eigenvalue weighted by molar-refractivity contribution is 0.264. The number of aliphatic hydroxyl groups excluding tert-OH is 1. The molecule has 1 rings (SSSR count). The minimum absolute atomic E-state index is 0.127. The molecule has 1 atom stereocenters. The van der Waals surface area contributed by atoms with E-state index in [1.165, 1.54) is 7.11 Å². The van der Waals surface area contributed by atoms with Crippen LogP contribution in [0.15, 0.2) is 12.1 Å².